The number of benzene rings is 2. The number of amides is 3. The molecular weight excluding hydrogens is 386 g/mol. The molecule has 0 saturated heterocycles. The number of carbonyl (C=O) groups is 3. The molecule has 0 atom stereocenters. The second-order valence-corrected chi connectivity index (χ2v) is 7.81. The fraction of sp³-hybridized carbons (Fsp3) is 0.318. The summed E-state index contributed by atoms with van der Waals surface area (Å²) in [6.07, 6.45) is -0.595. The number of rotatable bonds is 5. The lowest BCUT2D eigenvalue weighted by atomic mass is 10.2. The zero-order chi connectivity index (χ0) is 22.3. The number of carbonyl (C=O) groups excluding carboxylic acids is 3. The average Bonchev–Trinajstić information content (AvgIpc) is 2.64. The van der Waals surface area contributed by atoms with Gasteiger partial charge in [-0.2, -0.15) is 0 Å². The number of hydrogen-bond donors (Lipinski definition) is 3. The van der Waals surface area contributed by atoms with Crippen molar-refractivity contribution in [2.24, 2.45) is 0 Å². The first-order valence-corrected chi connectivity index (χ1v) is 9.51. The van der Waals surface area contributed by atoms with Crippen molar-refractivity contribution >= 4 is 23.6 Å². The summed E-state index contributed by atoms with van der Waals surface area (Å²) in [5.41, 5.74) is 5.08. The maximum absolute atomic E-state index is 12.3. The maximum atomic E-state index is 12.3. The molecule has 0 bridgehead atoms. The number of nitrogens with one attached hydrogen (secondary N) is 3. The van der Waals surface area contributed by atoms with Crippen molar-refractivity contribution in [3.63, 3.8) is 0 Å². The zero-order valence-electron chi connectivity index (χ0n) is 17.7. The van der Waals surface area contributed by atoms with Crippen LogP contribution in [0.1, 0.15) is 55.3 Å². The fourth-order valence-electron chi connectivity index (χ4n) is 2.37. The molecule has 0 aliphatic carbocycles. The molecule has 8 heteroatoms. The van der Waals surface area contributed by atoms with Crippen molar-refractivity contribution < 1.29 is 23.9 Å². The monoisotopic (exact) mass is 413 g/mol. The van der Waals surface area contributed by atoms with Crippen molar-refractivity contribution in [2.45, 2.75) is 46.3 Å². The summed E-state index contributed by atoms with van der Waals surface area (Å²) < 4.78 is 10.7. The Morgan fingerprint density at radius 1 is 0.867 bits per heavy atom. The number of hydrogen-bond acceptors (Lipinski definition) is 5. The van der Waals surface area contributed by atoms with E-state index in [4.69, 9.17) is 9.47 Å². The summed E-state index contributed by atoms with van der Waals surface area (Å²) in [5, 5.41) is 2.56. The van der Waals surface area contributed by atoms with Crippen LogP contribution in [0.2, 0.25) is 0 Å². The molecule has 8 nitrogen and oxygen atoms in total. The molecule has 0 aliphatic rings. The first-order valence-electron chi connectivity index (χ1n) is 9.51. The van der Waals surface area contributed by atoms with Crippen LogP contribution in [0.3, 0.4) is 0 Å². The van der Waals surface area contributed by atoms with Gasteiger partial charge >= 0.3 is 6.09 Å². The largest absolute Gasteiger partial charge is 0.491 e. The highest BCUT2D eigenvalue weighted by Crippen LogP contribution is 2.15. The summed E-state index contributed by atoms with van der Waals surface area (Å²) in [6.45, 7) is 9.08. The molecule has 160 valence electrons. The molecule has 2 aromatic rings. The standard InChI is InChI=1S/C22H27N3O5/c1-14(2)29-18-11-9-15(10-12-18)19(26)24-25-20(27)16-7-6-8-17(13-16)23-21(28)30-22(3,4)5/h6-14H,1-5H3,(H,23,28)(H,24,26)(H,25,27). The van der Waals surface area contributed by atoms with Crippen LogP contribution >= 0.6 is 0 Å². The first-order chi connectivity index (χ1) is 14.0. The zero-order valence-corrected chi connectivity index (χ0v) is 17.7. The van der Waals surface area contributed by atoms with E-state index in [9.17, 15) is 14.4 Å². The van der Waals surface area contributed by atoms with Gasteiger partial charge in [-0.05, 0) is 77.1 Å². The minimum absolute atomic E-state index is 0.0320. The van der Waals surface area contributed by atoms with Crippen LogP contribution in [-0.4, -0.2) is 29.6 Å². The number of ether oxygens (including phenoxy) is 2. The van der Waals surface area contributed by atoms with Crippen LogP contribution in [0.25, 0.3) is 0 Å². The van der Waals surface area contributed by atoms with E-state index in [1.165, 1.54) is 6.07 Å². The summed E-state index contributed by atoms with van der Waals surface area (Å²) in [6, 6.07) is 12.8. The van der Waals surface area contributed by atoms with Crippen molar-refractivity contribution in [1.29, 1.82) is 0 Å². The molecular formula is C22H27N3O5. The third-order valence-electron chi connectivity index (χ3n) is 3.55. The summed E-state index contributed by atoms with van der Waals surface area (Å²) >= 11 is 0. The van der Waals surface area contributed by atoms with E-state index in [-0.39, 0.29) is 11.7 Å². The highest BCUT2D eigenvalue weighted by Gasteiger charge is 2.17. The van der Waals surface area contributed by atoms with E-state index < -0.39 is 23.5 Å². The maximum Gasteiger partial charge on any atom is 0.412 e. The van der Waals surface area contributed by atoms with Crippen LogP contribution in [0.4, 0.5) is 10.5 Å². The van der Waals surface area contributed by atoms with Gasteiger partial charge in [-0.1, -0.05) is 6.07 Å². The Balaban J connectivity index is 1.93. The van der Waals surface area contributed by atoms with Gasteiger partial charge in [-0.25, -0.2) is 4.79 Å². The Kier molecular flexibility index (Phi) is 7.41. The van der Waals surface area contributed by atoms with E-state index in [0.717, 1.165) is 0 Å². The molecule has 30 heavy (non-hydrogen) atoms. The van der Waals surface area contributed by atoms with Crippen molar-refractivity contribution in [3.05, 3.63) is 59.7 Å². The van der Waals surface area contributed by atoms with Gasteiger partial charge in [0.1, 0.15) is 11.4 Å². The second-order valence-electron chi connectivity index (χ2n) is 7.81. The highest BCUT2D eigenvalue weighted by molar-refractivity contribution is 6.00. The van der Waals surface area contributed by atoms with Gasteiger partial charge in [0.2, 0.25) is 0 Å². The third kappa shape index (κ3) is 7.46. The molecule has 0 unspecified atom stereocenters. The van der Waals surface area contributed by atoms with E-state index in [1.54, 1.807) is 63.2 Å². The van der Waals surface area contributed by atoms with Gasteiger partial charge in [0, 0.05) is 16.8 Å². The van der Waals surface area contributed by atoms with Gasteiger partial charge in [-0.15, -0.1) is 0 Å². The number of hydrazine groups is 1. The molecule has 0 radical (unpaired) electrons. The van der Waals surface area contributed by atoms with Crippen LogP contribution < -0.4 is 20.9 Å². The lowest BCUT2D eigenvalue weighted by Crippen LogP contribution is -2.41. The van der Waals surface area contributed by atoms with Crippen molar-refractivity contribution in [1.82, 2.24) is 10.9 Å². The van der Waals surface area contributed by atoms with Gasteiger partial charge in [0.05, 0.1) is 6.10 Å². The van der Waals surface area contributed by atoms with Gasteiger partial charge in [0.15, 0.2) is 0 Å². The molecule has 0 aromatic heterocycles. The van der Waals surface area contributed by atoms with Crippen LogP contribution in [-0.2, 0) is 4.74 Å². The Morgan fingerprint density at radius 3 is 2.03 bits per heavy atom. The minimum atomic E-state index is -0.636. The molecule has 2 rings (SSSR count). The molecule has 3 amide bonds. The highest BCUT2D eigenvalue weighted by atomic mass is 16.6. The van der Waals surface area contributed by atoms with E-state index in [1.807, 2.05) is 13.8 Å². The number of anilines is 1. The van der Waals surface area contributed by atoms with E-state index in [2.05, 4.69) is 16.2 Å². The third-order valence-corrected chi connectivity index (χ3v) is 3.55. The van der Waals surface area contributed by atoms with Gasteiger partial charge in [-0.3, -0.25) is 25.8 Å². The molecule has 0 heterocycles. The Hall–Kier alpha value is -3.55. The normalized spacial score (nSPS) is 10.9. The summed E-state index contributed by atoms with van der Waals surface area (Å²) in [4.78, 5) is 36.4. The molecule has 0 saturated carbocycles. The quantitative estimate of drug-likeness (QED) is 0.645. The van der Waals surface area contributed by atoms with Crippen molar-refractivity contribution in [3.8, 4) is 5.75 Å². The van der Waals surface area contributed by atoms with Crippen LogP contribution in [0.15, 0.2) is 48.5 Å². The molecule has 0 fully saturated rings. The van der Waals surface area contributed by atoms with Gasteiger partial charge in [0.25, 0.3) is 11.8 Å². The Bertz CT molecular complexity index is 902. The molecule has 0 aliphatic heterocycles. The average molecular weight is 413 g/mol. The lowest BCUT2D eigenvalue weighted by Gasteiger charge is -2.19. The van der Waals surface area contributed by atoms with Crippen molar-refractivity contribution in [2.75, 3.05) is 5.32 Å². The topological polar surface area (TPSA) is 106 Å². The van der Waals surface area contributed by atoms with E-state index in [0.29, 0.717) is 17.0 Å². The Morgan fingerprint density at radius 2 is 1.47 bits per heavy atom. The predicted octanol–water partition coefficient (Wildman–Crippen LogP) is 3.90. The predicted molar refractivity (Wildman–Crippen MR) is 113 cm³/mol. The van der Waals surface area contributed by atoms with Crippen LogP contribution in [0, 0.1) is 0 Å². The summed E-state index contributed by atoms with van der Waals surface area (Å²) in [5.74, 6) is -0.349. The molecule has 0 spiro atoms. The van der Waals surface area contributed by atoms with E-state index >= 15 is 0 Å². The smallest absolute Gasteiger partial charge is 0.412 e. The lowest BCUT2D eigenvalue weighted by molar-refractivity contribution is 0.0635. The minimum Gasteiger partial charge on any atom is -0.491 e. The summed E-state index contributed by atoms with van der Waals surface area (Å²) in [7, 11) is 0. The molecule has 2 aromatic carbocycles. The molecule has 3 N–H and O–H groups in total. The fourth-order valence-corrected chi connectivity index (χ4v) is 2.37. The second kappa shape index (κ2) is 9.78. The van der Waals surface area contributed by atoms with Gasteiger partial charge < -0.3 is 9.47 Å². The first kappa shape index (κ1) is 22.7. The van der Waals surface area contributed by atoms with Crippen LogP contribution in [0.5, 0.6) is 5.75 Å². The SMILES string of the molecule is CC(C)Oc1ccc(C(=O)NNC(=O)c2cccc(NC(=O)OC(C)(C)C)c2)cc1. The Labute approximate surface area is 175 Å².